The van der Waals surface area contributed by atoms with E-state index in [1.807, 2.05) is 13.0 Å². The maximum atomic E-state index is 13.2. The first-order valence-corrected chi connectivity index (χ1v) is 8.75. The first-order chi connectivity index (χ1) is 13.5. The third kappa shape index (κ3) is 5.60. The Morgan fingerprint density at radius 3 is 2.96 bits per heavy atom. The van der Waals surface area contributed by atoms with Gasteiger partial charge in [-0.05, 0) is 31.6 Å². The Bertz CT molecular complexity index is 846. The highest BCUT2D eigenvalue weighted by Crippen LogP contribution is 2.18. The van der Waals surface area contributed by atoms with Crippen LogP contribution in [0.25, 0.3) is 0 Å². The maximum Gasteiger partial charge on any atom is 0.357 e. The molecule has 0 aromatic carbocycles. The maximum absolute atomic E-state index is 13.2. The molecule has 0 bridgehead atoms. The molecule has 0 radical (unpaired) electrons. The number of hydrogen-bond donors (Lipinski definition) is 2. The summed E-state index contributed by atoms with van der Waals surface area (Å²) >= 11 is 0. The molecule has 1 aromatic rings. The number of carbonyl (C=O) groups is 1. The number of esters is 1. The normalized spacial score (nSPS) is 15.8. The van der Waals surface area contributed by atoms with Crippen LogP contribution in [0.2, 0.25) is 0 Å². The lowest BCUT2D eigenvalue weighted by molar-refractivity contribution is -0.134. The molecule has 2 heterocycles. The van der Waals surface area contributed by atoms with Crippen molar-refractivity contribution in [2.45, 2.75) is 26.6 Å². The molecule has 2 N–H and O–H groups in total. The monoisotopic (exact) mass is 386 g/mol. The number of alkyl halides is 1. The van der Waals surface area contributed by atoms with Gasteiger partial charge in [0, 0.05) is 18.0 Å². The summed E-state index contributed by atoms with van der Waals surface area (Å²) in [4.78, 5) is 20.3. The molecule has 1 aromatic heterocycles. The summed E-state index contributed by atoms with van der Waals surface area (Å²) in [5.41, 5.74) is 2.11. The van der Waals surface area contributed by atoms with Gasteiger partial charge in [0.15, 0.2) is 11.9 Å². The number of allylic oxidation sites excluding steroid dienone is 1. The number of ether oxygens (including phenoxy) is 2. The molecule has 2 rings (SSSR count). The minimum absolute atomic E-state index is 0.0812. The molecule has 0 spiro atoms. The Kier molecular flexibility index (Phi) is 7.62. The Balaban J connectivity index is 2.02. The molecule has 148 valence electrons. The SMILES string of the molecule is C=CC(F)COc1cnc(CN/C=C2\C(=N)C=CN=C2C(=O)OCC)cc1C. The number of aliphatic imine (C=N–C) groups is 1. The van der Waals surface area contributed by atoms with Crippen molar-refractivity contribution >= 4 is 17.4 Å². The first kappa shape index (κ1) is 21.0. The van der Waals surface area contributed by atoms with Crippen LogP contribution < -0.4 is 10.1 Å². The number of aromatic nitrogens is 1. The summed E-state index contributed by atoms with van der Waals surface area (Å²) in [5.74, 6) is -0.0756. The first-order valence-electron chi connectivity index (χ1n) is 8.75. The van der Waals surface area contributed by atoms with E-state index in [1.165, 1.54) is 24.5 Å². The number of carbonyl (C=O) groups excluding carboxylic acids is 1. The fourth-order valence-corrected chi connectivity index (χ4v) is 2.33. The minimum Gasteiger partial charge on any atom is -0.488 e. The van der Waals surface area contributed by atoms with Crippen molar-refractivity contribution in [3.05, 3.63) is 60.2 Å². The van der Waals surface area contributed by atoms with Gasteiger partial charge in [-0.1, -0.05) is 6.08 Å². The van der Waals surface area contributed by atoms with Crippen LogP contribution in [-0.4, -0.2) is 41.8 Å². The molecule has 7 nitrogen and oxygen atoms in total. The second-order valence-corrected chi connectivity index (χ2v) is 5.87. The largest absolute Gasteiger partial charge is 0.488 e. The second kappa shape index (κ2) is 10.1. The molecule has 1 aliphatic rings. The third-order valence-electron chi connectivity index (χ3n) is 3.76. The van der Waals surface area contributed by atoms with Crippen LogP contribution >= 0.6 is 0 Å². The van der Waals surface area contributed by atoms with Gasteiger partial charge in [0.05, 0.1) is 30.8 Å². The lowest BCUT2D eigenvalue weighted by Gasteiger charge is -2.13. The van der Waals surface area contributed by atoms with Gasteiger partial charge in [-0.3, -0.25) is 4.98 Å². The van der Waals surface area contributed by atoms with Gasteiger partial charge in [0.25, 0.3) is 0 Å². The molecule has 1 unspecified atom stereocenters. The number of nitrogens with one attached hydrogen (secondary N) is 2. The molecule has 1 atom stereocenters. The molecule has 1 aliphatic heterocycles. The zero-order valence-corrected chi connectivity index (χ0v) is 15.9. The number of nitrogens with zero attached hydrogens (tertiary/aromatic N) is 2. The molecule has 0 saturated carbocycles. The van der Waals surface area contributed by atoms with Crippen molar-refractivity contribution in [2.24, 2.45) is 4.99 Å². The van der Waals surface area contributed by atoms with Crippen molar-refractivity contribution in [1.29, 1.82) is 5.41 Å². The van der Waals surface area contributed by atoms with E-state index in [0.717, 1.165) is 11.3 Å². The predicted octanol–water partition coefficient (Wildman–Crippen LogP) is 2.82. The van der Waals surface area contributed by atoms with E-state index in [2.05, 4.69) is 21.9 Å². The molecule has 0 saturated heterocycles. The van der Waals surface area contributed by atoms with Gasteiger partial charge in [0.2, 0.25) is 0 Å². The zero-order valence-electron chi connectivity index (χ0n) is 15.9. The van der Waals surface area contributed by atoms with Crippen LogP contribution in [-0.2, 0) is 16.1 Å². The van der Waals surface area contributed by atoms with Crippen molar-refractivity contribution in [3.8, 4) is 5.75 Å². The van der Waals surface area contributed by atoms with Crippen molar-refractivity contribution in [2.75, 3.05) is 13.2 Å². The minimum atomic E-state index is -1.23. The van der Waals surface area contributed by atoms with Crippen LogP contribution in [0.1, 0.15) is 18.2 Å². The van der Waals surface area contributed by atoms with E-state index in [-0.39, 0.29) is 24.6 Å². The van der Waals surface area contributed by atoms with E-state index in [1.54, 1.807) is 13.1 Å². The van der Waals surface area contributed by atoms with Crippen molar-refractivity contribution < 1.29 is 18.7 Å². The standard InChI is InChI=1S/C20H23FN4O3/c1-4-14(21)12-28-18-11-25-15(8-13(18)3)9-23-10-16-17(22)6-7-24-19(16)20(26)27-5-2/h4,6-8,10-11,14,22-23H,1,5,9,12H2,2-3H3/b16-10+,22-17?. The summed E-state index contributed by atoms with van der Waals surface area (Å²) in [6, 6.07) is 1.81. The Morgan fingerprint density at radius 2 is 2.29 bits per heavy atom. The highest BCUT2D eigenvalue weighted by Gasteiger charge is 2.22. The van der Waals surface area contributed by atoms with E-state index >= 15 is 0 Å². The fraction of sp³-hybridized carbons (Fsp3) is 0.300. The van der Waals surface area contributed by atoms with E-state index in [0.29, 0.717) is 17.9 Å². The van der Waals surface area contributed by atoms with Crippen LogP contribution in [0, 0.1) is 12.3 Å². The third-order valence-corrected chi connectivity index (χ3v) is 3.76. The average molecular weight is 386 g/mol. The second-order valence-electron chi connectivity index (χ2n) is 5.87. The zero-order chi connectivity index (χ0) is 20.5. The van der Waals surface area contributed by atoms with Gasteiger partial charge >= 0.3 is 5.97 Å². The van der Waals surface area contributed by atoms with Gasteiger partial charge in [-0.2, -0.15) is 0 Å². The lowest BCUT2D eigenvalue weighted by Crippen LogP contribution is -2.26. The molecule has 0 fully saturated rings. The number of aryl methyl sites for hydroxylation is 1. The lowest BCUT2D eigenvalue weighted by atomic mass is 10.0. The number of rotatable bonds is 9. The molecule has 0 aliphatic carbocycles. The number of hydrogen-bond acceptors (Lipinski definition) is 7. The van der Waals surface area contributed by atoms with Crippen molar-refractivity contribution in [3.63, 3.8) is 0 Å². The summed E-state index contributed by atoms with van der Waals surface area (Å²) in [7, 11) is 0. The predicted molar refractivity (Wildman–Crippen MR) is 105 cm³/mol. The molecular formula is C20H23FN4O3. The summed E-state index contributed by atoms with van der Waals surface area (Å²) in [5, 5.41) is 11.0. The average Bonchev–Trinajstić information content (AvgIpc) is 2.68. The van der Waals surface area contributed by atoms with Crippen molar-refractivity contribution in [1.82, 2.24) is 10.3 Å². The van der Waals surface area contributed by atoms with Gasteiger partial charge in [0.1, 0.15) is 12.4 Å². The quantitative estimate of drug-likeness (QED) is 0.502. The number of pyridine rings is 1. The highest BCUT2D eigenvalue weighted by atomic mass is 19.1. The molecule has 0 amide bonds. The summed E-state index contributed by atoms with van der Waals surface area (Å²) in [6.07, 6.45) is 5.91. The summed E-state index contributed by atoms with van der Waals surface area (Å²) in [6.45, 7) is 7.39. The van der Waals surface area contributed by atoms with Crippen LogP contribution in [0.15, 0.2) is 54.0 Å². The van der Waals surface area contributed by atoms with E-state index in [4.69, 9.17) is 14.9 Å². The number of halogens is 1. The van der Waals surface area contributed by atoms with Crippen LogP contribution in [0.4, 0.5) is 4.39 Å². The summed E-state index contributed by atoms with van der Waals surface area (Å²) < 4.78 is 23.5. The van der Waals surface area contributed by atoms with Gasteiger partial charge in [-0.15, -0.1) is 6.58 Å². The molecule has 28 heavy (non-hydrogen) atoms. The molecule has 8 heteroatoms. The van der Waals surface area contributed by atoms with Gasteiger partial charge < -0.3 is 20.2 Å². The van der Waals surface area contributed by atoms with Gasteiger partial charge in [-0.25, -0.2) is 14.2 Å². The fourth-order valence-electron chi connectivity index (χ4n) is 2.33. The Labute approximate surface area is 163 Å². The van der Waals surface area contributed by atoms with Crippen LogP contribution in [0.3, 0.4) is 0 Å². The topological polar surface area (TPSA) is 96.7 Å². The molecular weight excluding hydrogens is 363 g/mol. The Morgan fingerprint density at radius 1 is 1.50 bits per heavy atom. The highest BCUT2D eigenvalue weighted by molar-refractivity contribution is 6.51. The smallest absolute Gasteiger partial charge is 0.357 e. The van der Waals surface area contributed by atoms with E-state index < -0.39 is 12.1 Å². The Hall–Kier alpha value is -3.29. The van der Waals surface area contributed by atoms with E-state index in [9.17, 15) is 9.18 Å². The van der Waals surface area contributed by atoms with Crippen LogP contribution in [0.5, 0.6) is 5.75 Å².